The molecule has 0 N–H and O–H groups in total. The second kappa shape index (κ2) is 6.65. The molecule has 150 valence electrons. The molecule has 2 aromatic heterocycles. The summed E-state index contributed by atoms with van der Waals surface area (Å²) in [4.78, 5) is 35.0. The van der Waals surface area contributed by atoms with Gasteiger partial charge in [0, 0.05) is 66.0 Å². The number of rotatable bonds is 1. The van der Waals surface area contributed by atoms with Crippen LogP contribution in [0.2, 0.25) is 0 Å². The van der Waals surface area contributed by atoms with E-state index in [2.05, 4.69) is 9.67 Å². The summed E-state index contributed by atoms with van der Waals surface area (Å²) in [5.41, 5.74) is 1.58. The molecule has 1 saturated heterocycles. The molecule has 4 rings (SSSR count). The van der Waals surface area contributed by atoms with E-state index in [0.29, 0.717) is 39.0 Å². The molecular weight excluding hydrogens is 358 g/mol. The Balaban J connectivity index is 1.71. The molecule has 0 aliphatic carbocycles. The van der Waals surface area contributed by atoms with Gasteiger partial charge in [-0.05, 0) is 12.8 Å². The van der Waals surface area contributed by atoms with Gasteiger partial charge in [0.15, 0.2) is 0 Å². The highest BCUT2D eigenvalue weighted by Crippen LogP contribution is 2.42. The topological polar surface area (TPSA) is 79.5 Å². The van der Waals surface area contributed by atoms with E-state index >= 15 is 0 Å². The monoisotopic (exact) mass is 385 g/mol. The lowest BCUT2D eigenvalue weighted by Gasteiger charge is -2.50. The number of carbonyl (C=O) groups is 2. The van der Waals surface area contributed by atoms with Gasteiger partial charge >= 0.3 is 6.03 Å². The van der Waals surface area contributed by atoms with E-state index in [1.54, 1.807) is 30.6 Å². The van der Waals surface area contributed by atoms with Gasteiger partial charge in [-0.3, -0.25) is 9.48 Å². The van der Waals surface area contributed by atoms with Gasteiger partial charge in [0.1, 0.15) is 11.4 Å². The first-order valence-electron chi connectivity index (χ1n) is 9.63. The van der Waals surface area contributed by atoms with E-state index in [4.69, 9.17) is 4.98 Å². The number of imidazole rings is 1. The number of nitrogens with zero attached hydrogens (tertiary/aromatic N) is 7. The van der Waals surface area contributed by atoms with E-state index in [9.17, 15) is 9.59 Å². The Morgan fingerprint density at radius 2 is 1.82 bits per heavy atom. The molecule has 2 aliphatic heterocycles. The summed E-state index contributed by atoms with van der Waals surface area (Å²) in [6.07, 6.45) is 7.08. The molecule has 4 heterocycles. The van der Waals surface area contributed by atoms with E-state index in [0.717, 1.165) is 17.1 Å². The first-order chi connectivity index (χ1) is 13.3. The molecule has 3 amide bonds. The maximum absolute atomic E-state index is 12.5. The Bertz CT molecular complexity index is 905. The molecule has 9 heteroatoms. The Hall–Kier alpha value is -2.84. The van der Waals surface area contributed by atoms with Crippen LogP contribution in [0, 0.1) is 0 Å². The number of aromatic nitrogens is 4. The van der Waals surface area contributed by atoms with Crippen LogP contribution in [-0.4, -0.2) is 79.7 Å². The third-order valence-electron chi connectivity index (χ3n) is 5.96. The van der Waals surface area contributed by atoms with Crippen LogP contribution in [0.5, 0.6) is 0 Å². The van der Waals surface area contributed by atoms with Crippen molar-refractivity contribution in [3.05, 3.63) is 24.4 Å². The number of piperidine rings is 1. The van der Waals surface area contributed by atoms with Gasteiger partial charge in [0.25, 0.3) is 0 Å². The Kier molecular flexibility index (Phi) is 4.40. The number of hydrogen-bond donors (Lipinski definition) is 0. The van der Waals surface area contributed by atoms with Gasteiger partial charge in [-0.1, -0.05) is 0 Å². The van der Waals surface area contributed by atoms with Crippen molar-refractivity contribution < 1.29 is 9.59 Å². The van der Waals surface area contributed by atoms with E-state index in [1.165, 1.54) is 0 Å². The summed E-state index contributed by atoms with van der Waals surface area (Å²) in [6, 6.07) is 0.0134. The minimum Gasteiger partial charge on any atom is -0.331 e. The number of fused-ring (bicyclic) bond motifs is 2. The minimum atomic E-state index is -0.465. The Morgan fingerprint density at radius 3 is 2.39 bits per heavy atom. The van der Waals surface area contributed by atoms with Crippen molar-refractivity contribution >= 4 is 11.9 Å². The predicted molar refractivity (Wildman–Crippen MR) is 103 cm³/mol. The molecule has 0 radical (unpaired) electrons. The molecule has 0 bridgehead atoms. The fraction of sp³-hybridized carbons (Fsp3) is 0.579. The van der Waals surface area contributed by atoms with Crippen LogP contribution in [0.3, 0.4) is 0 Å². The van der Waals surface area contributed by atoms with Crippen molar-refractivity contribution in [3.8, 4) is 11.3 Å². The molecule has 0 atom stereocenters. The van der Waals surface area contributed by atoms with Crippen LogP contribution in [0.4, 0.5) is 4.79 Å². The number of carbonyl (C=O) groups excluding carboxylic acids is 2. The smallest absolute Gasteiger partial charge is 0.319 e. The Morgan fingerprint density at radius 1 is 1.11 bits per heavy atom. The normalized spacial score (nSPS) is 18.3. The lowest BCUT2D eigenvalue weighted by Crippen LogP contribution is -2.60. The van der Waals surface area contributed by atoms with E-state index in [-0.39, 0.29) is 11.9 Å². The molecule has 0 saturated carbocycles. The number of urea groups is 1. The standard InChI is InChI=1S/C19H27N7O2/c1-14(27)26-10-9-25-16(15-11-21-23(4)13-15)12-20-17(25)19(26)5-7-24(8-6-19)18(28)22(2)3/h11-13H,5-10H2,1-4H3. The summed E-state index contributed by atoms with van der Waals surface area (Å²) in [5, 5.41) is 4.28. The van der Waals surface area contributed by atoms with Crippen LogP contribution in [0.25, 0.3) is 11.3 Å². The van der Waals surface area contributed by atoms with Gasteiger partial charge in [0.05, 0.1) is 18.1 Å². The summed E-state index contributed by atoms with van der Waals surface area (Å²) < 4.78 is 4.00. The fourth-order valence-electron chi connectivity index (χ4n) is 4.60. The van der Waals surface area contributed by atoms with Gasteiger partial charge < -0.3 is 19.3 Å². The second-order valence-corrected chi connectivity index (χ2v) is 7.89. The predicted octanol–water partition coefficient (Wildman–Crippen LogP) is 1.12. The molecule has 2 aromatic rings. The number of likely N-dealkylation sites (tertiary alicyclic amines) is 1. The number of aryl methyl sites for hydroxylation is 1. The molecular formula is C19H27N7O2. The summed E-state index contributed by atoms with van der Waals surface area (Å²) in [7, 11) is 5.43. The second-order valence-electron chi connectivity index (χ2n) is 7.89. The first kappa shape index (κ1) is 18.5. The van der Waals surface area contributed by atoms with Gasteiger partial charge in [-0.15, -0.1) is 0 Å². The minimum absolute atomic E-state index is 0.0134. The zero-order valence-corrected chi connectivity index (χ0v) is 16.9. The van der Waals surface area contributed by atoms with Gasteiger partial charge in [0.2, 0.25) is 5.91 Å². The van der Waals surface area contributed by atoms with Crippen molar-refractivity contribution in [3.63, 3.8) is 0 Å². The largest absolute Gasteiger partial charge is 0.331 e. The van der Waals surface area contributed by atoms with Gasteiger partial charge in [-0.2, -0.15) is 5.10 Å². The summed E-state index contributed by atoms with van der Waals surface area (Å²) in [5.74, 6) is 0.981. The Labute approximate surface area is 164 Å². The van der Waals surface area contributed by atoms with Crippen LogP contribution in [-0.2, 0) is 23.9 Å². The highest BCUT2D eigenvalue weighted by Gasteiger charge is 2.49. The van der Waals surface area contributed by atoms with Crippen LogP contribution < -0.4 is 0 Å². The molecule has 1 spiro atoms. The fourth-order valence-corrected chi connectivity index (χ4v) is 4.60. The molecule has 28 heavy (non-hydrogen) atoms. The molecule has 1 fully saturated rings. The van der Waals surface area contributed by atoms with E-state index in [1.807, 2.05) is 35.4 Å². The van der Waals surface area contributed by atoms with Crippen molar-refractivity contribution in [2.75, 3.05) is 33.7 Å². The van der Waals surface area contributed by atoms with Crippen molar-refractivity contribution in [2.45, 2.75) is 31.8 Å². The highest BCUT2D eigenvalue weighted by molar-refractivity contribution is 5.76. The molecule has 9 nitrogen and oxygen atoms in total. The van der Waals surface area contributed by atoms with Crippen LogP contribution in [0.15, 0.2) is 18.6 Å². The summed E-state index contributed by atoms with van der Waals surface area (Å²) in [6.45, 7) is 4.19. The van der Waals surface area contributed by atoms with Crippen molar-refractivity contribution in [1.29, 1.82) is 0 Å². The van der Waals surface area contributed by atoms with E-state index < -0.39 is 5.54 Å². The molecule has 0 unspecified atom stereocenters. The summed E-state index contributed by atoms with van der Waals surface area (Å²) >= 11 is 0. The average molecular weight is 385 g/mol. The van der Waals surface area contributed by atoms with Gasteiger partial charge in [-0.25, -0.2) is 9.78 Å². The quantitative estimate of drug-likeness (QED) is 0.737. The first-order valence-corrected chi connectivity index (χ1v) is 9.63. The van der Waals surface area contributed by atoms with Crippen LogP contribution >= 0.6 is 0 Å². The zero-order chi connectivity index (χ0) is 20.1. The maximum atomic E-state index is 12.5. The lowest BCUT2D eigenvalue weighted by atomic mass is 9.83. The third kappa shape index (κ3) is 2.76. The number of amides is 3. The molecule has 0 aromatic carbocycles. The van der Waals surface area contributed by atoms with Crippen LogP contribution in [0.1, 0.15) is 25.6 Å². The molecule has 2 aliphatic rings. The third-order valence-corrected chi connectivity index (χ3v) is 5.96. The lowest BCUT2D eigenvalue weighted by molar-refractivity contribution is -0.140. The average Bonchev–Trinajstić information content (AvgIpc) is 3.28. The van der Waals surface area contributed by atoms with Crippen molar-refractivity contribution in [2.24, 2.45) is 7.05 Å². The SMILES string of the molecule is CC(=O)N1CCn2c(-c3cnn(C)c3)cnc2C12CCN(C(=O)N(C)C)CC2. The zero-order valence-electron chi connectivity index (χ0n) is 16.9. The number of hydrogen-bond acceptors (Lipinski definition) is 4. The highest BCUT2D eigenvalue weighted by atomic mass is 16.2. The van der Waals surface area contributed by atoms with Crippen molar-refractivity contribution in [1.82, 2.24) is 34.0 Å². The maximum Gasteiger partial charge on any atom is 0.319 e.